The number of nitrogen functional groups attached to an aromatic ring is 1. The Bertz CT molecular complexity index is 677. The third-order valence-corrected chi connectivity index (χ3v) is 3.77. The Hall–Kier alpha value is -1.43. The number of halogens is 3. The molecule has 0 heterocycles. The lowest BCUT2D eigenvalue weighted by Gasteiger charge is -2.10. The van der Waals surface area contributed by atoms with Gasteiger partial charge < -0.3 is 15.2 Å². The van der Waals surface area contributed by atoms with Crippen LogP contribution in [0.15, 0.2) is 40.9 Å². The van der Waals surface area contributed by atoms with Gasteiger partial charge in [0, 0.05) is 9.50 Å². The van der Waals surface area contributed by atoms with E-state index in [0.29, 0.717) is 10.8 Å². The second kappa shape index (κ2) is 7.72. The van der Waals surface area contributed by atoms with E-state index in [1.807, 2.05) is 12.1 Å². The van der Waals surface area contributed by atoms with Crippen molar-refractivity contribution in [1.29, 1.82) is 0 Å². The monoisotopic (exact) mass is 403 g/mol. The lowest BCUT2D eigenvalue weighted by Crippen LogP contribution is -2.14. The summed E-state index contributed by atoms with van der Waals surface area (Å²) in [5, 5.41) is 0.530. The first-order valence-electron chi connectivity index (χ1n) is 6.27. The maximum atomic E-state index is 11.9. The van der Waals surface area contributed by atoms with Crippen molar-refractivity contribution in [2.75, 3.05) is 18.9 Å². The van der Waals surface area contributed by atoms with Gasteiger partial charge in [0.25, 0.3) is 0 Å². The zero-order chi connectivity index (χ0) is 16.1. The van der Waals surface area contributed by atoms with Crippen LogP contribution < -0.4 is 10.5 Å². The SMILES string of the molecule is Nc1c(Cl)cc(Cl)cc1C(=O)OCCOc1ccc(Br)cc1. The van der Waals surface area contributed by atoms with Crippen molar-refractivity contribution < 1.29 is 14.3 Å². The van der Waals surface area contributed by atoms with E-state index in [-0.39, 0.29) is 29.5 Å². The van der Waals surface area contributed by atoms with E-state index in [1.165, 1.54) is 12.1 Å². The third-order valence-electron chi connectivity index (χ3n) is 2.71. The van der Waals surface area contributed by atoms with E-state index in [1.54, 1.807) is 12.1 Å². The molecule has 2 rings (SSSR count). The summed E-state index contributed by atoms with van der Waals surface area (Å²) in [4.78, 5) is 11.9. The molecular weight excluding hydrogens is 393 g/mol. The van der Waals surface area contributed by atoms with Crippen molar-refractivity contribution >= 4 is 50.8 Å². The number of rotatable bonds is 5. The van der Waals surface area contributed by atoms with Crippen molar-refractivity contribution in [1.82, 2.24) is 0 Å². The summed E-state index contributed by atoms with van der Waals surface area (Å²) < 4.78 is 11.5. The highest BCUT2D eigenvalue weighted by atomic mass is 79.9. The summed E-state index contributed by atoms with van der Waals surface area (Å²) in [6.45, 7) is 0.306. The van der Waals surface area contributed by atoms with Gasteiger partial charge in [-0.25, -0.2) is 4.79 Å². The number of benzene rings is 2. The van der Waals surface area contributed by atoms with Crippen molar-refractivity contribution in [3.63, 3.8) is 0 Å². The second-order valence-corrected chi connectivity index (χ2v) is 6.05. The number of ether oxygens (including phenoxy) is 2. The maximum absolute atomic E-state index is 11.9. The van der Waals surface area contributed by atoms with Gasteiger partial charge in [0.2, 0.25) is 0 Å². The molecule has 7 heteroatoms. The Morgan fingerprint density at radius 1 is 1.14 bits per heavy atom. The van der Waals surface area contributed by atoms with E-state index >= 15 is 0 Å². The highest BCUT2D eigenvalue weighted by Gasteiger charge is 2.15. The lowest BCUT2D eigenvalue weighted by atomic mass is 10.2. The first-order valence-corrected chi connectivity index (χ1v) is 7.82. The van der Waals surface area contributed by atoms with Crippen LogP contribution in [0.1, 0.15) is 10.4 Å². The van der Waals surface area contributed by atoms with Gasteiger partial charge in [-0.05, 0) is 36.4 Å². The number of hydrogen-bond donors (Lipinski definition) is 1. The van der Waals surface area contributed by atoms with Gasteiger partial charge in [-0.2, -0.15) is 0 Å². The molecule has 0 saturated heterocycles. The lowest BCUT2D eigenvalue weighted by molar-refractivity contribution is 0.0451. The molecule has 0 aliphatic heterocycles. The van der Waals surface area contributed by atoms with Crippen LogP contribution in [0.3, 0.4) is 0 Å². The first-order chi connectivity index (χ1) is 10.5. The number of carbonyl (C=O) groups excluding carboxylic acids is 1. The van der Waals surface area contributed by atoms with Gasteiger partial charge in [0.15, 0.2) is 0 Å². The molecule has 2 N–H and O–H groups in total. The highest BCUT2D eigenvalue weighted by molar-refractivity contribution is 9.10. The summed E-state index contributed by atoms with van der Waals surface area (Å²) in [6, 6.07) is 10.2. The van der Waals surface area contributed by atoms with Crippen LogP contribution >= 0.6 is 39.1 Å². The Kier molecular flexibility index (Phi) is 5.94. The summed E-state index contributed by atoms with van der Waals surface area (Å²) in [5.74, 6) is 0.0888. The number of anilines is 1. The summed E-state index contributed by atoms with van der Waals surface area (Å²) in [6.07, 6.45) is 0. The molecule has 0 aliphatic rings. The second-order valence-electron chi connectivity index (χ2n) is 4.29. The van der Waals surface area contributed by atoms with Gasteiger partial charge in [-0.3, -0.25) is 0 Å². The molecule has 22 heavy (non-hydrogen) atoms. The standard InChI is InChI=1S/C15H12BrCl2NO3/c16-9-1-3-11(4-2-9)21-5-6-22-15(20)12-7-10(17)8-13(18)14(12)19/h1-4,7-8H,5-6,19H2. The molecular formula is C15H12BrCl2NO3. The third kappa shape index (κ3) is 4.53. The predicted octanol–water partition coefficient (Wildman–Crippen LogP) is 4.57. The van der Waals surface area contributed by atoms with Crippen molar-refractivity contribution in [3.05, 3.63) is 56.5 Å². The summed E-state index contributed by atoms with van der Waals surface area (Å²) >= 11 is 15.0. The molecule has 0 spiro atoms. The Morgan fingerprint density at radius 2 is 1.82 bits per heavy atom. The smallest absolute Gasteiger partial charge is 0.340 e. The molecule has 0 fully saturated rings. The molecule has 0 bridgehead atoms. The minimum absolute atomic E-state index is 0.0818. The molecule has 2 aromatic carbocycles. The molecule has 0 atom stereocenters. The number of nitrogens with two attached hydrogens (primary N) is 1. The van der Waals surface area contributed by atoms with Crippen molar-refractivity contribution in [2.45, 2.75) is 0 Å². The molecule has 0 radical (unpaired) electrons. The highest BCUT2D eigenvalue weighted by Crippen LogP contribution is 2.28. The normalized spacial score (nSPS) is 10.3. The van der Waals surface area contributed by atoms with Crippen molar-refractivity contribution in [3.8, 4) is 5.75 Å². The van der Waals surface area contributed by atoms with Crippen molar-refractivity contribution in [2.24, 2.45) is 0 Å². The van der Waals surface area contributed by atoms with E-state index in [0.717, 1.165) is 4.47 Å². The number of carbonyl (C=O) groups is 1. The van der Waals surface area contributed by atoms with Gasteiger partial charge >= 0.3 is 5.97 Å². The van der Waals surface area contributed by atoms with Crippen LogP contribution in [0.25, 0.3) is 0 Å². The number of esters is 1. The van der Waals surface area contributed by atoms with Crippen LogP contribution in [0.2, 0.25) is 10.0 Å². The van der Waals surface area contributed by atoms with Gasteiger partial charge in [-0.1, -0.05) is 39.1 Å². The first kappa shape index (κ1) is 16.9. The Labute approximate surface area is 146 Å². The minimum Gasteiger partial charge on any atom is -0.490 e. The fourth-order valence-electron chi connectivity index (χ4n) is 1.66. The van der Waals surface area contributed by atoms with Crippen LogP contribution in [0.5, 0.6) is 5.75 Å². The van der Waals surface area contributed by atoms with Crippen LogP contribution in [0.4, 0.5) is 5.69 Å². The maximum Gasteiger partial charge on any atom is 0.340 e. The van der Waals surface area contributed by atoms with Gasteiger partial charge in [-0.15, -0.1) is 0 Å². The van der Waals surface area contributed by atoms with E-state index < -0.39 is 5.97 Å². The molecule has 116 valence electrons. The topological polar surface area (TPSA) is 61.6 Å². The fraction of sp³-hybridized carbons (Fsp3) is 0.133. The van der Waals surface area contributed by atoms with Crippen LogP contribution in [-0.2, 0) is 4.74 Å². The van der Waals surface area contributed by atoms with E-state index in [9.17, 15) is 4.79 Å². The zero-order valence-electron chi connectivity index (χ0n) is 11.3. The Morgan fingerprint density at radius 3 is 2.50 bits per heavy atom. The Balaban J connectivity index is 1.87. The summed E-state index contributed by atoms with van der Waals surface area (Å²) in [5.41, 5.74) is 6.02. The van der Waals surface area contributed by atoms with Gasteiger partial charge in [0.1, 0.15) is 19.0 Å². The molecule has 4 nitrogen and oxygen atoms in total. The quantitative estimate of drug-likeness (QED) is 0.450. The summed E-state index contributed by atoms with van der Waals surface area (Å²) in [7, 11) is 0. The predicted molar refractivity (Wildman–Crippen MR) is 90.8 cm³/mol. The van der Waals surface area contributed by atoms with Crippen LogP contribution in [0, 0.1) is 0 Å². The molecule has 0 unspecified atom stereocenters. The average Bonchev–Trinajstić information content (AvgIpc) is 2.49. The largest absolute Gasteiger partial charge is 0.490 e. The molecule has 0 amide bonds. The molecule has 0 saturated carbocycles. The molecule has 0 aliphatic carbocycles. The fourth-order valence-corrected chi connectivity index (χ4v) is 2.41. The van der Waals surface area contributed by atoms with Gasteiger partial charge in [0.05, 0.1) is 16.3 Å². The van der Waals surface area contributed by atoms with E-state index in [4.69, 9.17) is 38.4 Å². The van der Waals surface area contributed by atoms with E-state index in [2.05, 4.69) is 15.9 Å². The number of hydrogen-bond acceptors (Lipinski definition) is 4. The molecule has 0 aromatic heterocycles. The molecule has 2 aromatic rings. The zero-order valence-corrected chi connectivity index (χ0v) is 14.4. The van der Waals surface area contributed by atoms with Crippen LogP contribution in [-0.4, -0.2) is 19.2 Å². The minimum atomic E-state index is -0.596. The average molecular weight is 405 g/mol.